The highest BCUT2D eigenvalue weighted by Crippen LogP contribution is 2.36. The van der Waals surface area contributed by atoms with E-state index in [2.05, 4.69) is 10.3 Å². The third-order valence-electron chi connectivity index (χ3n) is 4.05. The van der Waals surface area contributed by atoms with E-state index in [9.17, 15) is 13.2 Å². The number of hydrogen-bond acceptors (Lipinski definition) is 6. The predicted molar refractivity (Wildman–Crippen MR) is 88.0 cm³/mol. The molecule has 1 N–H and O–H groups in total. The number of rotatable bonds is 3. The van der Waals surface area contributed by atoms with Crippen LogP contribution in [0, 0.1) is 0 Å². The number of urea groups is 1. The number of nitrogens with zero attached hydrogens (tertiary/aromatic N) is 2. The van der Waals surface area contributed by atoms with Crippen LogP contribution in [0.4, 0.5) is 9.93 Å². The largest absolute Gasteiger partial charge is 0.494 e. The van der Waals surface area contributed by atoms with Gasteiger partial charge in [-0.25, -0.2) is 18.2 Å². The zero-order valence-electron chi connectivity index (χ0n) is 12.4. The van der Waals surface area contributed by atoms with Gasteiger partial charge in [-0.3, -0.25) is 4.90 Å². The molecule has 122 valence electrons. The number of carbonyl (C=O) groups is 1. The van der Waals surface area contributed by atoms with Gasteiger partial charge >= 0.3 is 6.03 Å². The molecular formula is C14H15N3O4S2. The van der Waals surface area contributed by atoms with Crippen LogP contribution in [-0.2, 0) is 9.84 Å². The maximum atomic E-state index is 12.2. The van der Waals surface area contributed by atoms with Gasteiger partial charge in [-0.2, -0.15) is 0 Å². The Morgan fingerprint density at radius 1 is 1.43 bits per heavy atom. The lowest BCUT2D eigenvalue weighted by Crippen LogP contribution is -2.36. The molecule has 3 heterocycles. The van der Waals surface area contributed by atoms with Crippen LogP contribution in [0.5, 0.6) is 5.75 Å². The van der Waals surface area contributed by atoms with Crippen molar-refractivity contribution < 1.29 is 17.9 Å². The summed E-state index contributed by atoms with van der Waals surface area (Å²) in [6, 6.07) is 4.56. The van der Waals surface area contributed by atoms with Gasteiger partial charge in [-0.1, -0.05) is 11.3 Å². The van der Waals surface area contributed by atoms with Crippen molar-refractivity contribution in [1.82, 2.24) is 10.3 Å². The molecule has 2 aliphatic rings. The second-order valence-corrected chi connectivity index (χ2v) is 8.79. The van der Waals surface area contributed by atoms with Crippen molar-refractivity contribution in [2.45, 2.75) is 19.0 Å². The first-order valence-corrected chi connectivity index (χ1v) is 9.94. The van der Waals surface area contributed by atoms with Crippen molar-refractivity contribution in [3.8, 4) is 5.75 Å². The summed E-state index contributed by atoms with van der Waals surface area (Å²) in [7, 11) is -3.11. The van der Waals surface area contributed by atoms with E-state index in [0.717, 1.165) is 16.0 Å². The predicted octanol–water partition coefficient (Wildman–Crippen LogP) is 1.39. The third-order valence-corrected chi connectivity index (χ3v) is 6.78. The highest BCUT2D eigenvalue weighted by Gasteiger charge is 2.50. The Bertz CT molecular complexity index is 893. The lowest BCUT2D eigenvalue weighted by Gasteiger charge is -2.17. The van der Waals surface area contributed by atoms with Crippen LogP contribution in [0.1, 0.15) is 6.92 Å². The van der Waals surface area contributed by atoms with Gasteiger partial charge in [0, 0.05) is 0 Å². The van der Waals surface area contributed by atoms with E-state index in [1.54, 1.807) is 0 Å². The minimum atomic E-state index is -3.11. The van der Waals surface area contributed by atoms with Crippen molar-refractivity contribution in [2.24, 2.45) is 0 Å². The Labute approximate surface area is 137 Å². The first-order valence-electron chi connectivity index (χ1n) is 7.30. The Balaban J connectivity index is 1.72. The fraction of sp³-hybridized carbons (Fsp3) is 0.429. The van der Waals surface area contributed by atoms with Crippen LogP contribution in [0.2, 0.25) is 0 Å². The zero-order chi connectivity index (χ0) is 16.2. The van der Waals surface area contributed by atoms with Gasteiger partial charge < -0.3 is 10.1 Å². The molecule has 0 radical (unpaired) electrons. The maximum Gasteiger partial charge on any atom is 0.324 e. The quantitative estimate of drug-likeness (QED) is 0.843. The van der Waals surface area contributed by atoms with Crippen LogP contribution < -0.4 is 15.0 Å². The minimum Gasteiger partial charge on any atom is -0.494 e. The molecule has 2 unspecified atom stereocenters. The summed E-state index contributed by atoms with van der Waals surface area (Å²) in [5, 5.41) is 3.27. The zero-order valence-corrected chi connectivity index (χ0v) is 14.0. The highest BCUT2D eigenvalue weighted by atomic mass is 32.2. The molecule has 9 heteroatoms. The smallest absolute Gasteiger partial charge is 0.324 e. The van der Waals surface area contributed by atoms with E-state index in [1.165, 1.54) is 16.2 Å². The molecule has 0 aliphatic carbocycles. The third kappa shape index (κ3) is 2.43. The number of benzene rings is 1. The average molecular weight is 353 g/mol. The number of aromatic nitrogens is 1. The Kier molecular flexibility index (Phi) is 3.24. The number of hydrogen-bond donors (Lipinski definition) is 1. The SMILES string of the molecule is CCOc1ccc2nc(N3C(=O)NC4CS(=O)(=O)CC43)sc2c1. The van der Waals surface area contributed by atoms with Crippen LogP contribution >= 0.6 is 11.3 Å². The van der Waals surface area contributed by atoms with E-state index in [0.29, 0.717) is 11.7 Å². The molecule has 2 aromatic rings. The lowest BCUT2D eigenvalue weighted by molar-refractivity contribution is 0.251. The van der Waals surface area contributed by atoms with Crippen LogP contribution in [0.3, 0.4) is 0 Å². The normalized spacial score (nSPS) is 25.6. The average Bonchev–Trinajstić information content (AvgIpc) is 3.07. The van der Waals surface area contributed by atoms with Gasteiger partial charge in [-0.05, 0) is 25.1 Å². The molecule has 2 saturated heterocycles. The molecule has 1 aromatic carbocycles. The van der Waals surface area contributed by atoms with Crippen molar-refractivity contribution in [3.63, 3.8) is 0 Å². The Morgan fingerprint density at radius 2 is 2.26 bits per heavy atom. The molecular weight excluding hydrogens is 338 g/mol. The van der Waals surface area contributed by atoms with E-state index in [4.69, 9.17) is 4.74 Å². The van der Waals surface area contributed by atoms with Crippen molar-refractivity contribution >= 4 is 42.6 Å². The molecule has 0 spiro atoms. The number of fused-ring (bicyclic) bond motifs is 2. The molecule has 2 amide bonds. The maximum absolute atomic E-state index is 12.2. The summed E-state index contributed by atoms with van der Waals surface area (Å²) in [5.41, 5.74) is 0.769. The topological polar surface area (TPSA) is 88.6 Å². The first-order chi connectivity index (χ1) is 11.0. The van der Waals surface area contributed by atoms with Crippen LogP contribution in [0.15, 0.2) is 18.2 Å². The van der Waals surface area contributed by atoms with Gasteiger partial charge in [0.15, 0.2) is 15.0 Å². The van der Waals surface area contributed by atoms with Crippen LogP contribution in [-0.4, -0.2) is 49.6 Å². The second-order valence-electron chi connectivity index (χ2n) is 5.63. The summed E-state index contributed by atoms with van der Waals surface area (Å²) in [4.78, 5) is 18.2. The Morgan fingerprint density at radius 3 is 3.04 bits per heavy atom. The van der Waals surface area contributed by atoms with Crippen LogP contribution in [0.25, 0.3) is 10.2 Å². The fourth-order valence-corrected chi connectivity index (χ4v) is 6.02. The van der Waals surface area contributed by atoms with E-state index < -0.39 is 9.84 Å². The standard InChI is InChI=1S/C14H15N3O4S2/c1-2-21-8-3-4-9-12(5-8)22-14(16-9)17-11-7-23(19,20)6-10(11)15-13(17)18/h3-5,10-11H,2,6-7H2,1H3,(H,15,18). The molecule has 2 atom stereocenters. The lowest BCUT2D eigenvalue weighted by atomic mass is 10.2. The number of carbonyl (C=O) groups excluding carboxylic acids is 1. The molecule has 4 rings (SSSR count). The number of nitrogens with one attached hydrogen (secondary N) is 1. The van der Waals surface area contributed by atoms with Gasteiger partial charge in [0.05, 0.1) is 40.4 Å². The van der Waals surface area contributed by atoms with Gasteiger partial charge in [0.25, 0.3) is 0 Å². The first kappa shape index (κ1) is 14.7. The summed E-state index contributed by atoms with van der Waals surface area (Å²) in [5.74, 6) is 0.734. The van der Waals surface area contributed by atoms with E-state index >= 15 is 0 Å². The monoisotopic (exact) mass is 353 g/mol. The molecule has 0 bridgehead atoms. The number of sulfone groups is 1. The molecule has 0 saturated carbocycles. The number of amides is 2. The van der Waals surface area contributed by atoms with Crippen molar-refractivity contribution in [3.05, 3.63) is 18.2 Å². The summed E-state index contributed by atoms with van der Waals surface area (Å²) in [6.45, 7) is 2.49. The van der Waals surface area contributed by atoms with Crippen molar-refractivity contribution in [2.75, 3.05) is 23.0 Å². The fourth-order valence-electron chi connectivity index (χ4n) is 3.08. The summed E-state index contributed by atoms with van der Waals surface area (Å²) in [6.07, 6.45) is 0. The van der Waals surface area contributed by atoms with Gasteiger partial charge in [0.1, 0.15) is 5.75 Å². The van der Waals surface area contributed by atoms with Crippen molar-refractivity contribution in [1.29, 1.82) is 0 Å². The highest BCUT2D eigenvalue weighted by molar-refractivity contribution is 7.91. The second kappa shape index (κ2) is 5.07. The summed E-state index contributed by atoms with van der Waals surface area (Å²) < 4.78 is 30.0. The molecule has 23 heavy (non-hydrogen) atoms. The van der Waals surface area contributed by atoms with E-state index in [1.807, 2.05) is 25.1 Å². The van der Waals surface area contributed by atoms with Gasteiger partial charge in [0.2, 0.25) is 0 Å². The van der Waals surface area contributed by atoms with E-state index in [-0.39, 0.29) is 29.6 Å². The molecule has 2 fully saturated rings. The number of ether oxygens (including phenoxy) is 1. The minimum absolute atomic E-state index is 0.000704. The molecule has 7 nitrogen and oxygen atoms in total. The number of thiazole rings is 1. The summed E-state index contributed by atoms with van der Waals surface area (Å²) >= 11 is 1.37. The Hall–Kier alpha value is -1.87. The van der Waals surface area contributed by atoms with Gasteiger partial charge in [-0.15, -0.1) is 0 Å². The molecule has 2 aliphatic heterocycles. The number of anilines is 1. The molecule has 1 aromatic heterocycles.